The van der Waals surface area contributed by atoms with Crippen LogP contribution >= 0.6 is 0 Å². The number of para-hydroxylation sites is 1. The van der Waals surface area contributed by atoms with E-state index in [1.54, 1.807) is 7.11 Å². The Hall–Kier alpha value is -2.33. The fourth-order valence-electron chi connectivity index (χ4n) is 3.87. The van der Waals surface area contributed by atoms with Crippen molar-refractivity contribution in [2.45, 2.75) is 31.6 Å². The Morgan fingerprint density at radius 3 is 2.54 bits per heavy atom. The topological polar surface area (TPSA) is 45.7 Å². The molecule has 1 fully saturated rings. The van der Waals surface area contributed by atoms with Crippen molar-refractivity contribution < 1.29 is 4.74 Å². The number of ether oxygens (including phenoxy) is 1. The second-order valence-electron chi connectivity index (χ2n) is 6.76. The van der Waals surface area contributed by atoms with E-state index in [1.165, 1.54) is 16.7 Å². The molecule has 1 aliphatic rings. The number of hydrogen-bond acceptors (Lipinski definition) is 4. The van der Waals surface area contributed by atoms with Gasteiger partial charge in [-0.2, -0.15) is 5.10 Å². The fraction of sp³-hybridized carbons (Fsp3) is 0.409. The van der Waals surface area contributed by atoms with Crippen LogP contribution in [0.4, 0.5) is 0 Å². The van der Waals surface area contributed by atoms with E-state index < -0.39 is 0 Å². The van der Waals surface area contributed by atoms with Crippen LogP contribution < -0.4 is 15.5 Å². The highest BCUT2D eigenvalue weighted by Crippen LogP contribution is 2.44. The lowest BCUT2D eigenvalue weighted by Crippen LogP contribution is -2.41. The molecule has 138 valence electrons. The van der Waals surface area contributed by atoms with Gasteiger partial charge in [0.25, 0.3) is 0 Å². The van der Waals surface area contributed by atoms with Crippen molar-refractivity contribution in [1.82, 2.24) is 10.7 Å². The van der Waals surface area contributed by atoms with Crippen molar-refractivity contribution in [1.29, 1.82) is 0 Å². The van der Waals surface area contributed by atoms with Gasteiger partial charge in [0.05, 0.1) is 7.11 Å². The molecule has 0 radical (unpaired) electrons. The Labute approximate surface area is 156 Å². The normalized spacial score (nSPS) is 16.5. The molecular weight excluding hydrogens is 322 g/mol. The van der Waals surface area contributed by atoms with Gasteiger partial charge in [-0.25, -0.2) is 0 Å². The average Bonchev–Trinajstić information content (AvgIpc) is 2.72. The van der Waals surface area contributed by atoms with E-state index in [-0.39, 0.29) is 5.41 Å². The van der Waals surface area contributed by atoms with Crippen molar-refractivity contribution in [2.24, 2.45) is 5.10 Å². The first-order valence-electron chi connectivity index (χ1n) is 9.48. The van der Waals surface area contributed by atoms with Crippen LogP contribution in [0.25, 0.3) is 0 Å². The number of hydrogen-bond donors (Lipinski definition) is 2. The summed E-state index contributed by atoms with van der Waals surface area (Å²) in [7, 11) is 1.76. The zero-order chi connectivity index (χ0) is 18.2. The molecule has 0 aliphatic carbocycles. The molecule has 0 spiro atoms. The van der Waals surface area contributed by atoms with Crippen molar-refractivity contribution in [3.8, 4) is 5.75 Å². The predicted molar refractivity (Wildman–Crippen MR) is 108 cm³/mol. The van der Waals surface area contributed by atoms with E-state index >= 15 is 0 Å². The molecule has 0 aromatic heterocycles. The molecule has 0 atom stereocenters. The summed E-state index contributed by atoms with van der Waals surface area (Å²) in [6.45, 7) is 4.94. The Morgan fingerprint density at radius 2 is 1.85 bits per heavy atom. The van der Waals surface area contributed by atoms with E-state index in [0.717, 1.165) is 44.6 Å². The van der Waals surface area contributed by atoms with Crippen molar-refractivity contribution in [3.63, 3.8) is 0 Å². The van der Waals surface area contributed by atoms with Crippen LogP contribution in [0.1, 0.15) is 36.5 Å². The molecule has 4 nitrogen and oxygen atoms in total. The van der Waals surface area contributed by atoms with E-state index in [2.05, 4.69) is 58.3 Å². The van der Waals surface area contributed by atoms with E-state index in [1.807, 2.05) is 19.2 Å². The summed E-state index contributed by atoms with van der Waals surface area (Å²) in [6.07, 6.45) is 4.93. The Balaban J connectivity index is 1.91. The van der Waals surface area contributed by atoms with Gasteiger partial charge in [0, 0.05) is 30.2 Å². The van der Waals surface area contributed by atoms with Gasteiger partial charge in [-0.3, -0.25) is 0 Å². The van der Waals surface area contributed by atoms with Gasteiger partial charge in [-0.05, 0) is 50.0 Å². The summed E-state index contributed by atoms with van der Waals surface area (Å²) >= 11 is 0. The Bertz CT molecular complexity index is 718. The molecule has 1 heterocycles. The first kappa shape index (κ1) is 18.5. The largest absolute Gasteiger partial charge is 0.496 e. The van der Waals surface area contributed by atoms with Crippen LogP contribution in [0.5, 0.6) is 5.75 Å². The SMILES string of the molecule is CCN/N=C\Cc1ccc(C2(c3ccccc3OC)CCNCC2)cc1. The minimum absolute atomic E-state index is 0.00817. The molecule has 3 rings (SSSR count). The van der Waals surface area contributed by atoms with Gasteiger partial charge >= 0.3 is 0 Å². The van der Waals surface area contributed by atoms with Crippen LogP contribution in [0.3, 0.4) is 0 Å². The third-order valence-electron chi connectivity index (χ3n) is 5.25. The van der Waals surface area contributed by atoms with E-state index in [0.29, 0.717) is 0 Å². The lowest BCUT2D eigenvalue weighted by Gasteiger charge is -2.39. The molecule has 0 bridgehead atoms. The number of nitrogens with zero attached hydrogens (tertiary/aromatic N) is 1. The van der Waals surface area contributed by atoms with Crippen molar-refractivity contribution in [2.75, 3.05) is 26.7 Å². The number of hydrazone groups is 1. The number of benzene rings is 2. The minimum atomic E-state index is 0.00817. The second-order valence-corrected chi connectivity index (χ2v) is 6.76. The van der Waals surface area contributed by atoms with Gasteiger partial charge in [-0.1, -0.05) is 42.5 Å². The van der Waals surface area contributed by atoms with Crippen LogP contribution in [0, 0.1) is 0 Å². The monoisotopic (exact) mass is 351 g/mol. The zero-order valence-electron chi connectivity index (χ0n) is 15.8. The highest BCUT2D eigenvalue weighted by Gasteiger charge is 2.37. The van der Waals surface area contributed by atoms with Crippen LogP contribution in [-0.4, -0.2) is 33.0 Å². The third-order valence-corrected chi connectivity index (χ3v) is 5.25. The molecule has 26 heavy (non-hydrogen) atoms. The maximum Gasteiger partial charge on any atom is 0.122 e. The Kier molecular flexibility index (Phi) is 6.29. The van der Waals surface area contributed by atoms with Gasteiger partial charge in [-0.15, -0.1) is 0 Å². The molecule has 2 N–H and O–H groups in total. The average molecular weight is 351 g/mol. The first-order valence-corrected chi connectivity index (χ1v) is 9.48. The highest BCUT2D eigenvalue weighted by molar-refractivity contribution is 5.61. The van der Waals surface area contributed by atoms with Gasteiger partial charge in [0.2, 0.25) is 0 Å². The maximum atomic E-state index is 5.70. The lowest BCUT2D eigenvalue weighted by molar-refractivity contribution is 0.338. The summed E-state index contributed by atoms with van der Waals surface area (Å²) in [5.41, 5.74) is 6.92. The minimum Gasteiger partial charge on any atom is -0.496 e. The van der Waals surface area contributed by atoms with Crippen LogP contribution in [0.15, 0.2) is 53.6 Å². The highest BCUT2D eigenvalue weighted by atomic mass is 16.5. The molecule has 1 aliphatic heterocycles. The smallest absolute Gasteiger partial charge is 0.122 e. The van der Waals surface area contributed by atoms with Crippen LogP contribution in [-0.2, 0) is 11.8 Å². The summed E-state index contributed by atoms with van der Waals surface area (Å²) in [6, 6.07) is 17.5. The molecule has 2 aromatic carbocycles. The first-order chi connectivity index (χ1) is 12.8. The molecule has 2 aromatic rings. The number of piperidine rings is 1. The maximum absolute atomic E-state index is 5.70. The number of nitrogens with one attached hydrogen (secondary N) is 2. The lowest BCUT2D eigenvalue weighted by atomic mass is 9.68. The number of rotatable bonds is 7. The van der Waals surface area contributed by atoms with Crippen molar-refractivity contribution >= 4 is 6.21 Å². The second kappa shape index (κ2) is 8.86. The van der Waals surface area contributed by atoms with Crippen LogP contribution in [0.2, 0.25) is 0 Å². The molecule has 4 heteroatoms. The molecule has 0 amide bonds. The van der Waals surface area contributed by atoms with E-state index in [9.17, 15) is 0 Å². The van der Waals surface area contributed by atoms with E-state index in [4.69, 9.17) is 4.74 Å². The summed E-state index contributed by atoms with van der Waals surface area (Å²) in [5, 5.41) is 7.68. The van der Waals surface area contributed by atoms with Crippen molar-refractivity contribution in [3.05, 3.63) is 65.2 Å². The molecule has 1 saturated heterocycles. The quantitative estimate of drug-likeness (QED) is 0.593. The molecular formula is C22H29N3O. The summed E-state index contributed by atoms with van der Waals surface area (Å²) < 4.78 is 5.70. The standard InChI is InChI=1S/C22H29N3O/c1-3-24-25-15-12-18-8-10-19(11-9-18)22(13-16-23-17-14-22)20-6-4-5-7-21(20)26-2/h4-11,15,23-24H,3,12-14,16-17H2,1-2H3/b25-15-. The van der Waals surface area contributed by atoms with Gasteiger partial charge in [0.15, 0.2) is 0 Å². The number of methoxy groups -OCH3 is 1. The predicted octanol–water partition coefficient (Wildman–Crippen LogP) is 3.50. The summed E-state index contributed by atoms with van der Waals surface area (Å²) in [5.74, 6) is 0.983. The fourth-order valence-corrected chi connectivity index (χ4v) is 3.87. The Morgan fingerprint density at radius 1 is 1.12 bits per heavy atom. The molecule has 0 saturated carbocycles. The third kappa shape index (κ3) is 3.91. The zero-order valence-corrected chi connectivity index (χ0v) is 15.8. The molecule has 0 unspecified atom stereocenters. The van der Waals surface area contributed by atoms with Gasteiger partial charge in [0.1, 0.15) is 5.75 Å². The summed E-state index contributed by atoms with van der Waals surface area (Å²) in [4.78, 5) is 0. The van der Waals surface area contributed by atoms with Gasteiger partial charge < -0.3 is 15.5 Å².